The van der Waals surface area contributed by atoms with Crippen molar-refractivity contribution in [2.24, 2.45) is 16.9 Å². The third-order valence-electron chi connectivity index (χ3n) is 3.89. The third-order valence-corrected chi connectivity index (χ3v) is 3.89. The van der Waals surface area contributed by atoms with Crippen LogP contribution in [0.25, 0.3) is 6.08 Å². The molecule has 0 aromatic heterocycles. The van der Waals surface area contributed by atoms with Gasteiger partial charge in [0.05, 0.1) is 7.11 Å². The van der Waals surface area contributed by atoms with Gasteiger partial charge in [-0.1, -0.05) is 39.8 Å². The zero-order chi connectivity index (χ0) is 23.0. The first-order valence-electron chi connectivity index (χ1n) is 9.84. The molecule has 0 saturated carbocycles. The molecular formula is C22H41N5O2. The van der Waals surface area contributed by atoms with Crippen LogP contribution in [0.15, 0.2) is 24.3 Å². The molecule has 0 bridgehead atoms. The summed E-state index contributed by atoms with van der Waals surface area (Å²) in [4.78, 5) is 0. The molecule has 1 unspecified atom stereocenters. The predicted octanol–water partition coefficient (Wildman–Crippen LogP) is 3.96. The number of ether oxygens (including phenoxy) is 2. The van der Waals surface area contributed by atoms with Crippen molar-refractivity contribution in [2.45, 2.75) is 53.7 Å². The highest BCUT2D eigenvalue weighted by Crippen LogP contribution is 2.29. The van der Waals surface area contributed by atoms with Gasteiger partial charge in [-0.15, -0.1) is 0 Å². The normalized spacial score (nSPS) is 11.5. The van der Waals surface area contributed by atoms with Crippen molar-refractivity contribution >= 4 is 17.8 Å². The Morgan fingerprint density at radius 2 is 1.83 bits per heavy atom. The van der Waals surface area contributed by atoms with Gasteiger partial charge in [0.15, 0.2) is 12.1 Å². The van der Waals surface area contributed by atoms with E-state index in [0.29, 0.717) is 5.56 Å². The Kier molecular flexibility index (Phi) is 15.4. The number of rotatable bonds is 9. The lowest BCUT2D eigenvalue weighted by Gasteiger charge is -2.28. The van der Waals surface area contributed by atoms with Gasteiger partial charge in [0.25, 0.3) is 0 Å². The summed E-state index contributed by atoms with van der Waals surface area (Å²) in [5.74, 6) is 0.986. The van der Waals surface area contributed by atoms with Gasteiger partial charge in [-0.2, -0.15) is 0 Å². The molecule has 0 radical (unpaired) electrons. The van der Waals surface area contributed by atoms with E-state index in [1.807, 2.05) is 39.1 Å². The summed E-state index contributed by atoms with van der Waals surface area (Å²) in [6, 6.07) is 5.44. The van der Waals surface area contributed by atoms with Crippen molar-refractivity contribution in [3.05, 3.63) is 35.4 Å². The Morgan fingerprint density at radius 1 is 1.24 bits per heavy atom. The van der Waals surface area contributed by atoms with Gasteiger partial charge in [0, 0.05) is 24.5 Å². The predicted molar refractivity (Wildman–Crippen MR) is 125 cm³/mol. The highest BCUT2D eigenvalue weighted by molar-refractivity contribution is 5.95. The van der Waals surface area contributed by atoms with Crippen LogP contribution in [0.5, 0.6) is 5.75 Å². The average molecular weight is 408 g/mol. The lowest BCUT2D eigenvalue weighted by Crippen LogP contribution is -2.34. The molecule has 7 N–H and O–H groups in total. The van der Waals surface area contributed by atoms with E-state index in [2.05, 4.69) is 31.0 Å². The molecule has 7 heteroatoms. The lowest BCUT2D eigenvalue weighted by molar-refractivity contribution is 0.102. The van der Waals surface area contributed by atoms with Gasteiger partial charge in [-0.05, 0) is 44.1 Å². The molecule has 1 rings (SSSR count). The molecule has 0 spiro atoms. The number of methoxy groups -OCH3 is 1. The first-order chi connectivity index (χ1) is 13.7. The highest BCUT2D eigenvalue weighted by Gasteiger charge is 2.22. The fraction of sp³-hybridized carbons (Fsp3) is 0.545. The van der Waals surface area contributed by atoms with E-state index in [-0.39, 0.29) is 23.4 Å². The largest absolute Gasteiger partial charge is 0.496 e. The summed E-state index contributed by atoms with van der Waals surface area (Å²) in [6.45, 7) is 9.95. The molecule has 7 nitrogen and oxygen atoms in total. The van der Waals surface area contributed by atoms with Crippen molar-refractivity contribution in [3.63, 3.8) is 0 Å². The summed E-state index contributed by atoms with van der Waals surface area (Å²) in [7, 11) is 4.95. The van der Waals surface area contributed by atoms with Gasteiger partial charge in [-0.25, -0.2) is 0 Å². The third kappa shape index (κ3) is 11.9. The van der Waals surface area contributed by atoms with E-state index in [9.17, 15) is 0 Å². The van der Waals surface area contributed by atoms with Crippen LogP contribution in [0.3, 0.4) is 0 Å². The number of hydrogen-bond acceptors (Lipinski definition) is 6. The van der Waals surface area contributed by atoms with Crippen molar-refractivity contribution in [1.29, 1.82) is 10.8 Å². The molecule has 0 heterocycles. The van der Waals surface area contributed by atoms with E-state index >= 15 is 0 Å². The van der Waals surface area contributed by atoms with E-state index in [0.717, 1.165) is 24.2 Å². The summed E-state index contributed by atoms with van der Waals surface area (Å²) in [5.41, 5.74) is 11.6. The minimum atomic E-state index is -0.184. The standard InChI is InChI=1S/C19H30N4O2.C2H6.CH5N/c1-13(20)25-17(23-4)12-19(2,3)10-6-7-14-11-15(18(21)22)8-9-16(14)24-5;2*1-2/h6-9,11,17,20,23H,10,12H2,1-5H3,(H3,21,22);1-2H3;2H2,1H3/b7-6+,20-13?;;. The van der Waals surface area contributed by atoms with Gasteiger partial charge < -0.3 is 20.9 Å². The smallest absolute Gasteiger partial charge is 0.179 e. The molecule has 1 aromatic rings. The van der Waals surface area contributed by atoms with Crippen LogP contribution in [0.1, 0.15) is 58.6 Å². The molecule has 1 atom stereocenters. The average Bonchev–Trinajstić information content (AvgIpc) is 2.69. The van der Waals surface area contributed by atoms with E-state index in [4.69, 9.17) is 26.0 Å². The molecule has 0 aliphatic carbocycles. The molecule has 0 fully saturated rings. The number of amidine groups is 1. The second-order valence-electron chi connectivity index (χ2n) is 6.80. The monoisotopic (exact) mass is 407 g/mol. The number of benzene rings is 1. The van der Waals surface area contributed by atoms with Crippen LogP contribution in [-0.2, 0) is 4.74 Å². The number of nitrogens with two attached hydrogens (primary N) is 2. The van der Waals surface area contributed by atoms with E-state index < -0.39 is 0 Å². The molecule has 1 aromatic carbocycles. The van der Waals surface area contributed by atoms with Crippen LogP contribution in [0, 0.1) is 16.2 Å². The summed E-state index contributed by atoms with van der Waals surface area (Å²) in [6.07, 6.45) is 5.50. The number of hydrogen-bond donors (Lipinski definition) is 5. The molecule has 0 saturated heterocycles. The summed E-state index contributed by atoms with van der Waals surface area (Å²) >= 11 is 0. The second kappa shape index (κ2) is 15.5. The minimum Gasteiger partial charge on any atom is -0.496 e. The zero-order valence-corrected chi connectivity index (χ0v) is 19.3. The summed E-state index contributed by atoms with van der Waals surface area (Å²) < 4.78 is 10.8. The van der Waals surface area contributed by atoms with Crippen molar-refractivity contribution in [1.82, 2.24) is 5.32 Å². The van der Waals surface area contributed by atoms with Crippen molar-refractivity contribution < 1.29 is 9.47 Å². The molecule has 29 heavy (non-hydrogen) atoms. The second-order valence-corrected chi connectivity index (χ2v) is 6.80. The van der Waals surface area contributed by atoms with Crippen LogP contribution in [-0.4, -0.2) is 39.2 Å². The van der Waals surface area contributed by atoms with Crippen LogP contribution in [0.2, 0.25) is 0 Å². The molecule has 0 amide bonds. The maximum Gasteiger partial charge on any atom is 0.179 e. The fourth-order valence-electron chi connectivity index (χ4n) is 2.54. The highest BCUT2D eigenvalue weighted by atomic mass is 16.5. The Hall–Kier alpha value is -2.38. The number of nitrogen functional groups attached to an aromatic ring is 1. The lowest BCUT2D eigenvalue weighted by atomic mass is 9.84. The Bertz CT molecular complexity index is 642. The van der Waals surface area contributed by atoms with E-state index in [1.54, 1.807) is 20.1 Å². The Labute approximate surface area is 176 Å². The maximum absolute atomic E-state index is 7.56. The molecular weight excluding hydrogens is 366 g/mol. The SMILES string of the molecule is CC.CN.CNC(CC(C)(C)C/C=C/c1cc(C(=N)N)ccc1OC)OC(C)=N. The summed E-state index contributed by atoms with van der Waals surface area (Å²) in [5, 5.41) is 18.1. The Balaban J connectivity index is 0. The van der Waals surface area contributed by atoms with Gasteiger partial charge in [0.1, 0.15) is 11.6 Å². The molecule has 0 aliphatic rings. The van der Waals surface area contributed by atoms with Crippen LogP contribution in [0.4, 0.5) is 0 Å². The van der Waals surface area contributed by atoms with Crippen molar-refractivity contribution in [3.8, 4) is 5.75 Å². The quantitative estimate of drug-likeness (QED) is 0.240. The minimum absolute atomic E-state index is 0.00888. The fourth-order valence-corrected chi connectivity index (χ4v) is 2.54. The molecule has 0 aliphatic heterocycles. The van der Waals surface area contributed by atoms with Crippen LogP contribution < -0.4 is 21.5 Å². The number of nitrogens with one attached hydrogen (secondary N) is 3. The Morgan fingerprint density at radius 3 is 2.28 bits per heavy atom. The van der Waals surface area contributed by atoms with Crippen LogP contribution >= 0.6 is 0 Å². The molecule has 166 valence electrons. The van der Waals surface area contributed by atoms with Gasteiger partial charge in [-0.3, -0.25) is 16.1 Å². The van der Waals surface area contributed by atoms with Crippen molar-refractivity contribution in [2.75, 3.05) is 21.2 Å². The zero-order valence-electron chi connectivity index (χ0n) is 19.3. The maximum atomic E-state index is 7.56. The van der Waals surface area contributed by atoms with E-state index in [1.165, 1.54) is 7.05 Å². The number of allylic oxidation sites excluding steroid dienone is 1. The topological polar surface area (TPSA) is 130 Å². The first kappa shape index (κ1) is 28.8. The first-order valence-corrected chi connectivity index (χ1v) is 9.84. The van der Waals surface area contributed by atoms with Gasteiger partial charge in [0.2, 0.25) is 0 Å². The van der Waals surface area contributed by atoms with Gasteiger partial charge >= 0.3 is 0 Å².